The first-order valence-electron chi connectivity index (χ1n) is 10.6. The molecule has 0 bridgehead atoms. The summed E-state index contributed by atoms with van der Waals surface area (Å²) >= 11 is 1.41. The lowest BCUT2D eigenvalue weighted by molar-refractivity contribution is -0.139. The lowest BCUT2D eigenvalue weighted by Crippen LogP contribution is -2.24. The second-order valence-corrected chi connectivity index (χ2v) is 8.90. The van der Waals surface area contributed by atoms with Crippen molar-refractivity contribution in [2.75, 3.05) is 13.2 Å². The van der Waals surface area contributed by atoms with Crippen molar-refractivity contribution in [3.63, 3.8) is 0 Å². The molecule has 1 unspecified atom stereocenters. The molecule has 1 aliphatic heterocycles. The Hall–Kier alpha value is -3.71. The van der Waals surface area contributed by atoms with E-state index in [-0.39, 0.29) is 36.4 Å². The van der Waals surface area contributed by atoms with Crippen molar-refractivity contribution < 1.29 is 24.2 Å². The zero-order valence-corrected chi connectivity index (χ0v) is 18.6. The molecule has 1 N–H and O–H groups in total. The van der Waals surface area contributed by atoms with Crippen molar-refractivity contribution in [3.8, 4) is 10.4 Å². The van der Waals surface area contributed by atoms with Crippen LogP contribution in [0.1, 0.15) is 24.8 Å². The van der Waals surface area contributed by atoms with Crippen molar-refractivity contribution in [1.82, 2.24) is 0 Å². The van der Waals surface area contributed by atoms with Gasteiger partial charge < -0.3 is 14.6 Å². The molecule has 5 rings (SSSR count). The fourth-order valence-electron chi connectivity index (χ4n) is 4.46. The van der Waals surface area contributed by atoms with Gasteiger partial charge in [0.05, 0.1) is 23.7 Å². The minimum atomic E-state index is -0.881. The van der Waals surface area contributed by atoms with Crippen LogP contribution in [0, 0.1) is 0 Å². The zero-order valence-electron chi connectivity index (χ0n) is 17.8. The molecule has 1 aromatic heterocycles. The van der Waals surface area contributed by atoms with E-state index in [1.54, 1.807) is 31.2 Å². The molecule has 33 heavy (non-hydrogen) atoms. The SMILES string of the molecule is CCOC(=O)C1=C(O)CC2=C(C(=O)OC2)C1c1cccc2c(=O)cc(-c3ccccc3)sc12. The van der Waals surface area contributed by atoms with Gasteiger partial charge in [-0.25, -0.2) is 9.59 Å². The number of esters is 2. The number of carbonyl (C=O) groups is 2. The quantitative estimate of drug-likeness (QED) is 0.571. The minimum absolute atomic E-state index is 0.0201. The molecule has 2 aliphatic rings. The van der Waals surface area contributed by atoms with Gasteiger partial charge in [-0.1, -0.05) is 42.5 Å². The van der Waals surface area contributed by atoms with E-state index in [0.29, 0.717) is 26.8 Å². The van der Waals surface area contributed by atoms with Gasteiger partial charge in [0.2, 0.25) is 0 Å². The molecule has 0 fully saturated rings. The Bertz CT molecular complexity index is 1410. The molecule has 6 nitrogen and oxygen atoms in total. The molecule has 166 valence electrons. The maximum atomic E-state index is 13.0. The number of hydrogen-bond donors (Lipinski definition) is 1. The normalized spacial score (nSPS) is 17.8. The highest BCUT2D eigenvalue weighted by molar-refractivity contribution is 7.21. The van der Waals surface area contributed by atoms with Crippen molar-refractivity contribution in [2.45, 2.75) is 19.3 Å². The van der Waals surface area contributed by atoms with Crippen LogP contribution in [0.3, 0.4) is 0 Å². The van der Waals surface area contributed by atoms with Crippen LogP contribution >= 0.6 is 11.3 Å². The Balaban J connectivity index is 1.79. The van der Waals surface area contributed by atoms with Crippen molar-refractivity contribution in [2.24, 2.45) is 0 Å². The average molecular weight is 461 g/mol. The average Bonchev–Trinajstić information content (AvgIpc) is 3.18. The number of benzene rings is 2. The maximum absolute atomic E-state index is 13.0. The third kappa shape index (κ3) is 3.54. The van der Waals surface area contributed by atoms with Crippen molar-refractivity contribution in [3.05, 3.63) is 92.9 Å². The Morgan fingerprint density at radius 3 is 2.70 bits per heavy atom. The third-order valence-electron chi connectivity index (χ3n) is 5.90. The van der Waals surface area contributed by atoms with Crippen LogP contribution < -0.4 is 5.43 Å². The molecule has 1 aliphatic carbocycles. The van der Waals surface area contributed by atoms with Crippen molar-refractivity contribution >= 4 is 33.4 Å². The molecular weight excluding hydrogens is 440 g/mol. The summed E-state index contributed by atoms with van der Waals surface area (Å²) in [4.78, 5) is 39.4. The van der Waals surface area contributed by atoms with E-state index < -0.39 is 17.9 Å². The maximum Gasteiger partial charge on any atom is 0.338 e. The first kappa shape index (κ1) is 21.2. The molecule has 0 radical (unpaired) electrons. The number of aliphatic hydroxyl groups excluding tert-OH is 1. The molecule has 1 atom stereocenters. The Morgan fingerprint density at radius 2 is 1.94 bits per heavy atom. The highest BCUT2D eigenvalue weighted by Gasteiger charge is 2.43. The van der Waals surface area contributed by atoms with Gasteiger partial charge in [-0.05, 0) is 29.7 Å². The highest BCUT2D eigenvalue weighted by atomic mass is 32.1. The minimum Gasteiger partial charge on any atom is -0.511 e. The second-order valence-electron chi connectivity index (χ2n) is 7.85. The molecule has 0 spiro atoms. The van der Waals surface area contributed by atoms with Crippen LogP contribution in [0.4, 0.5) is 0 Å². The first-order chi connectivity index (χ1) is 16.0. The van der Waals surface area contributed by atoms with Gasteiger partial charge in [-0.3, -0.25) is 4.79 Å². The smallest absolute Gasteiger partial charge is 0.338 e. The number of carbonyl (C=O) groups excluding carboxylic acids is 2. The summed E-state index contributed by atoms with van der Waals surface area (Å²) in [5.41, 5.74) is 2.32. The largest absolute Gasteiger partial charge is 0.511 e. The molecule has 3 aromatic rings. The van der Waals surface area contributed by atoms with Gasteiger partial charge in [0.25, 0.3) is 0 Å². The van der Waals surface area contributed by atoms with Gasteiger partial charge in [0, 0.05) is 27.5 Å². The van der Waals surface area contributed by atoms with Crippen LogP contribution in [0.25, 0.3) is 20.5 Å². The van der Waals surface area contributed by atoms with E-state index >= 15 is 0 Å². The van der Waals surface area contributed by atoms with Crippen molar-refractivity contribution in [1.29, 1.82) is 0 Å². The number of allylic oxidation sites excluding steroid dienone is 1. The lowest BCUT2D eigenvalue weighted by atomic mass is 9.77. The monoisotopic (exact) mass is 460 g/mol. The summed E-state index contributed by atoms with van der Waals surface area (Å²) in [5.74, 6) is -2.23. The number of hydrogen-bond acceptors (Lipinski definition) is 7. The Morgan fingerprint density at radius 1 is 1.15 bits per heavy atom. The van der Waals surface area contributed by atoms with Gasteiger partial charge in [-0.15, -0.1) is 11.3 Å². The van der Waals surface area contributed by atoms with E-state index in [4.69, 9.17) is 9.47 Å². The molecule has 7 heteroatoms. The predicted molar refractivity (Wildman–Crippen MR) is 125 cm³/mol. The number of aliphatic hydroxyl groups is 1. The summed E-state index contributed by atoms with van der Waals surface area (Å²) in [6.07, 6.45) is 0.0575. The van der Waals surface area contributed by atoms with Gasteiger partial charge >= 0.3 is 11.9 Å². The molecular formula is C26H20O6S. The standard InChI is InChI=1S/C26H20O6S/c1-2-31-26(30)23-19(28)11-15-13-32-25(29)21(15)22(23)17-10-6-9-16-18(27)12-20(33-24(16)17)14-7-4-3-5-8-14/h3-10,12,22,28H,2,11,13H2,1H3. The summed E-state index contributed by atoms with van der Waals surface area (Å²) in [7, 11) is 0. The van der Waals surface area contributed by atoms with Crippen LogP contribution in [0.5, 0.6) is 0 Å². The topological polar surface area (TPSA) is 89.9 Å². The van der Waals surface area contributed by atoms with Gasteiger partial charge in [-0.2, -0.15) is 0 Å². The highest BCUT2D eigenvalue weighted by Crippen LogP contribution is 2.47. The summed E-state index contributed by atoms with van der Waals surface area (Å²) in [5, 5.41) is 11.3. The van der Waals surface area contributed by atoms with Gasteiger partial charge in [0.1, 0.15) is 12.4 Å². The van der Waals surface area contributed by atoms with Crippen LogP contribution in [-0.2, 0) is 19.1 Å². The predicted octanol–water partition coefficient (Wildman–Crippen LogP) is 4.64. The van der Waals surface area contributed by atoms with E-state index in [0.717, 1.165) is 10.4 Å². The summed E-state index contributed by atoms with van der Waals surface area (Å²) in [6, 6.07) is 16.4. The fourth-order valence-corrected chi connectivity index (χ4v) is 5.68. The number of ether oxygens (including phenoxy) is 2. The van der Waals surface area contributed by atoms with Crippen LogP contribution in [-0.4, -0.2) is 30.3 Å². The van der Waals surface area contributed by atoms with E-state index in [9.17, 15) is 19.5 Å². The molecule has 0 amide bonds. The van der Waals surface area contributed by atoms with E-state index in [2.05, 4.69) is 0 Å². The van der Waals surface area contributed by atoms with E-state index in [1.807, 2.05) is 30.3 Å². The van der Waals surface area contributed by atoms with Gasteiger partial charge in [0.15, 0.2) is 5.43 Å². The summed E-state index contributed by atoms with van der Waals surface area (Å²) in [6.45, 7) is 1.87. The molecule has 0 saturated heterocycles. The first-order valence-corrected chi connectivity index (χ1v) is 11.4. The van der Waals surface area contributed by atoms with Crippen LogP contribution in [0.15, 0.2) is 81.9 Å². The van der Waals surface area contributed by atoms with E-state index in [1.165, 1.54) is 11.3 Å². The Kier molecular flexibility index (Phi) is 5.34. The third-order valence-corrected chi connectivity index (χ3v) is 7.13. The summed E-state index contributed by atoms with van der Waals surface area (Å²) < 4.78 is 11.1. The Labute approximate surface area is 193 Å². The number of cyclic esters (lactones) is 1. The molecule has 2 heterocycles. The molecule has 2 aromatic carbocycles. The molecule has 0 saturated carbocycles. The lowest BCUT2D eigenvalue weighted by Gasteiger charge is -2.26. The fraction of sp³-hybridized carbons (Fsp3) is 0.192. The van der Waals surface area contributed by atoms with Crippen LogP contribution in [0.2, 0.25) is 0 Å². The number of fused-ring (bicyclic) bond motifs is 1. The second kappa shape index (κ2) is 8.33. The number of rotatable bonds is 4. The zero-order chi connectivity index (χ0) is 23.1.